The van der Waals surface area contributed by atoms with Gasteiger partial charge in [-0.1, -0.05) is 30.3 Å². The van der Waals surface area contributed by atoms with Gasteiger partial charge in [0.05, 0.1) is 12.7 Å². The summed E-state index contributed by atoms with van der Waals surface area (Å²) in [6.45, 7) is 3.03. The van der Waals surface area contributed by atoms with Crippen molar-refractivity contribution in [3.63, 3.8) is 0 Å². The van der Waals surface area contributed by atoms with Gasteiger partial charge >= 0.3 is 0 Å². The fourth-order valence-corrected chi connectivity index (χ4v) is 1.65. The van der Waals surface area contributed by atoms with E-state index in [9.17, 15) is 0 Å². The fraction of sp³-hybridized carbons (Fsp3) is 0.500. The molecule has 0 aromatic heterocycles. The topological polar surface area (TPSA) is 30.5 Å². The summed E-state index contributed by atoms with van der Waals surface area (Å²) in [5.74, 6) is 0. The number of benzene rings is 1. The van der Waals surface area contributed by atoms with E-state index >= 15 is 0 Å². The Labute approximate surface area is 90.4 Å². The van der Waals surface area contributed by atoms with Crippen LogP contribution in [0.5, 0.6) is 0 Å². The van der Waals surface area contributed by atoms with Gasteiger partial charge in [0.25, 0.3) is 0 Å². The van der Waals surface area contributed by atoms with Crippen LogP contribution in [-0.4, -0.2) is 26.0 Å². The molecule has 1 N–H and O–H groups in total. The highest BCUT2D eigenvalue weighted by molar-refractivity contribution is 5.13. The molecule has 3 nitrogen and oxygen atoms in total. The molecule has 1 heterocycles. The van der Waals surface area contributed by atoms with Crippen LogP contribution in [0.3, 0.4) is 0 Å². The second-order valence-corrected chi connectivity index (χ2v) is 3.73. The number of hydrogen-bond acceptors (Lipinski definition) is 3. The molecule has 1 fully saturated rings. The number of hydrogen-bond donors (Lipinski definition) is 1. The van der Waals surface area contributed by atoms with Gasteiger partial charge in [-0.05, 0) is 18.5 Å². The third-order valence-corrected chi connectivity index (χ3v) is 2.51. The van der Waals surface area contributed by atoms with Crippen LogP contribution in [0.2, 0.25) is 0 Å². The van der Waals surface area contributed by atoms with E-state index in [1.165, 1.54) is 5.56 Å². The quantitative estimate of drug-likeness (QED) is 0.587. The van der Waals surface area contributed by atoms with E-state index in [0.717, 1.165) is 19.5 Å². The first-order valence-electron chi connectivity index (χ1n) is 5.39. The minimum Gasteiger partial charge on any atom is -0.351 e. The molecule has 0 aliphatic carbocycles. The van der Waals surface area contributed by atoms with E-state index in [1.807, 2.05) is 18.2 Å². The van der Waals surface area contributed by atoms with Crippen molar-refractivity contribution in [2.75, 3.05) is 19.9 Å². The molecule has 1 aliphatic heterocycles. The zero-order chi connectivity index (χ0) is 10.3. The maximum Gasteiger partial charge on any atom is 0.147 e. The van der Waals surface area contributed by atoms with Gasteiger partial charge in [0.2, 0.25) is 0 Å². The summed E-state index contributed by atoms with van der Waals surface area (Å²) >= 11 is 0. The molecule has 0 bridgehead atoms. The monoisotopic (exact) mass is 207 g/mol. The van der Waals surface area contributed by atoms with Crippen molar-refractivity contribution in [1.29, 1.82) is 0 Å². The standard InChI is InChI=1S/C12H17NO2/c1-2-4-11(5-3-1)9-14-10-15-12-6-7-13-8-12/h1-5,12-13H,6-10H2. The van der Waals surface area contributed by atoms with Crippen molar-refractivity contribution >= 4 is 0 Å². The maximum absolute atomic E-state index is 5.54. The molecule has 0 amide bonds. The van der Waals surface area contributed by atoms with Crippen LogP contribution < -0.4 is 5.32 Å². The van der Waals surface area contributed by atoms with Gasteiger partial charge in [-0.3, -0.25) is 0 Å². The molecule has 3 heteroatoms. The summed E-state index contributed by atoms with van der Waals surface area (Å²) < 4.78 is 11.0. The molecule has 82 valence electrons. The lowest BCUT2D eigenvalue weighted by Crippen LogP contribution is -2.18. The normalized spacial score (nSPS) is 20.7. The highest BCUT2D eigenvalue weighted by Gasteiger charge is 2.13. The van der Waals surface area contributed by atoms with Gasteiger partial charge < -0.3 is 14.8 Å². The molecule has 2 rings (SSSR count). The van der Waals surface area contributed by atoms with E-state index in [-0.39, 0.29) is 0 Å². The smallest absolute Gasteiger partial charge is 0.147 e. The predicted molar refractivity (Wildman–Crippen MR) is 58.5 cm³/mol. The van der Waals surface area contributed by atoms with E-state index in [2.05, 4.69) is 17.4 Å². The van der Waals surface area contributed by atoms with E-state index in [1.54, 1.807) is 0 Å². The molecule has 1 aromatic carbocycles. The Morgan fingerprint density at radius 1 is 1.27 bits per heavy atom. The first-order valence-corrected chi connectivity index (χ1v) is 5.39. The summed E-state index contributed by atoms with van der Waals surface area (Å²) in [5, 5.41) is 3.25. The predicted octanol–water partition coefficient (Wildman–Crippen LogP) is 1.54. The van der Waals surface area contributed by atoms with Crippen LogP contribution in [0.25, 0.3) is 0 Å². The average molecular weight is 207 g/mol. The molecule has 15 heavy (non-hydrogen) atoms. The van der Waals surface area contributed by atoms with E-state index in [0.29, 0.717) is 19.5 Å². The summed E-state index contributed by atoms with van der Waals surface area (Å²) in [5.41, 5.74) is 1.19. The molecule has 1 aliphatic rings. The lowest BCUT2D eigenvalue weighted by Gasteiger charge is -2.10. The van der Waals surface area contributed by atoms with Crippen molar-refractivity contribution in [1.82, 2.24) is 5.32 Å². The van der Waals surface area contributed by atoms with Gasteiger partial charge in [0, 0.05) is 6.54 Å². The van der Waals surface area contributed by atoms with Crippen molar-refractivity contribution in [2.24, 2.45) is 0 Å². The van der Waals surface area contributed by atoms with Gasteiger partial charge in [0.1, 0.15) is 6.79 Å². The number of ether oxygens (including phenoxy) is 2. The molecule has 1 saturated heterocycles. The second-order valence-electron chi connectivity index (χ2n) is 3.73. The molecule has 1 atom stereocenters. The fourth-order valence-electron chi connectivity index (χ4n) is 1.65. The lowest BCUT2D eigenvalue weighted by atomic mass is 10.2. The Morgan fingerprint density at radius 2 is 2.13 bits per heavy atom. The first kappa shape index (κ1) is 10.6. The summed E-state index contributed by atoms with van der Waals surface area (Å²) in [6, 6.07) is 10.1. The van der Waals surface area contributed by atoms with Gasteiger partial charge in [0.15, 0.2) is 0 Å². The van der Waals surface area contributed by atoms with Crippen LogP contribution in [-0.2, 0) is 16.1 Å². The second kappa shape index (κ2) is 5.85. The van der Waals surface area contributed by atoms with E-state index < -0.39 is 0 Å². The average Bonchev–Trinajstić information content (AvgIpc) is 2.79. The van der Waals surface area contributed by atoms with Crippen LogP contribution >= 0.6 is 0 Å². The van der Waals surface area contributed by atoms with Crippen molar-refractivity contribution in [3.8, 4) is 0 Å². The summed E-state index contributed by atoms with van der Waals surface area (Å²) in [7, 11) is 0. The van der Waals surface area contributed by atoms with Gasteiger partial charge in [-0.15, -0.1) is 0 Å². The molecule has 1 aromatic rings. The molecule has 0 radical (unpaired) electrons. The number of rotatable bonds is 5. The third kappa shape index (κ3) is 3.63. The first-order chi connectivity index (χ1) is 7.45. The van der Waals surface area contributed by atoms with Gasteiger partial charge in [-0.25, -0.2) is 0 Å². The zero-order valence-corrected chi connectivity index (χ0v) is 8.82. The highest BCUT2D eigenvalue weighted by Crippen LogP contribution is 2.04. The molecule has 0 saturated carbocycles. The van der Waals surface area contributed by atoms with Gasteiger partial charge in [-0.2, -0.15) is 0 Å². The Bertz CT molecular complexity index is 270. The highest BCUT2D eigenvalue weighted by atomic mass is 16.7. The largest absolute Gasteiger partial charge is 0.351 e. The molecule has 0 spiro atoms. The summed E-state index contributed by atoms with van der Waals surface area (Å²) in [4.78, 5) is 0. The SMILES string of the molecule is c1ccc(COCOC2CCNC2)cc1. The Kier molecular flexibility index (Phi) is 4.14. The van der Waals surface area contributed by atoms with E-state index in [4.69, 9.17) is 9.47 Å². The minimum absolute atomic E-state index is 0.334. The third-order valence-electron chi connectivity index (χ3n) is 2.51. The van der Waals surface area contributed by atoms with Crippen LogP contribution in [0, 0.1) is 0 Å². The Morgan fingerprint density at radius 3 is 2.87 bits per heavy atom. The van der Waals surface area contributed by atoms with Crippen molar-refractivity contribution < 1.29 is 9.47 Å². The summed E-state index contributed by atoms with van der Waals surface area (Å²) in [6.07, 6.45) is 1.43. The Hall–Kier alpha value is -0.900. The maximum atomic E-state index is 5.54. The Balaban J connectivity index is 1.59. The zero-order valence-electron chi connectivity index (χ0n) is 8.82. The number of nitrogens with one attached hydrogen (secondary N) is 1. The molecular weight excluding hydrogens is 190 g/mol. The van der Waals surface area contributed by atoms with Crippen LogP contribution in [0.1, 0.15) is 12.0 Å². The van der Waals surface area contributed by atoms with Crippen molar-refractivity contribution in [3.05, 3.63) is 35.9 Å². The molecule has 1 unspecified atom stereocenters. The minimum atomic E-state index is 0.334. The van der Waals surface area contributed by atoms with Crippen molar-refractivity contribution in [2.45, 2.75) is 19.1 Å². The van der Waals surface area contributed by atoms with Crippen LogP contribution in [0.15, 0.2) is 30.3 Å². The molecular formula is C12H17NO2. The lowest BCUT2D eigenvalue weighted by molar-refractivity contribution is -0.0896. The van der Waals surface area contributed by atoms with Crippen LogP contribution in [0.4, 0.5) is 0 Å².